The number of benzene rings is 2. The van der Waals surface area contributed by atoms with Gasteiger partial charge in [0, 0.05) is 39.9 Å². The van der Waals surface area contributed by atoms with E-state index in [9.17, 15) is 0 Å². The summed E-state index contributed by atoms with van der Waals surface area (Å²) in [5.74, 6) is 0. The van der Waals surface area contributed by atoms with E-state index in [1.807, 2.05) is 42.6 Å². The Morgan fingerprint density at radius 2 is 1.90 bits per heavy atom. The summed E-state index contributed by atoms with van der Waals surface area (Å²) in [6, 6.07) is 13.8. The van der Waals surface area contributed by atoms with Crippen LogP contribution < -0.4 is 5.32 Å². The number of nitrogens with one attached hydrogen (secondary N) is 1. The van der Waals surface area contributed by atoms with Crippen molar-refractivity contribution in [3.05, 3.63) is 63.2 Å². The van der Waals surface area contributed by atoms with Gasteiger partial charge in [-0.05, 0) is 46.3 Å². The monoisotopic (exact) mass is 382 g/mol. The second-order valence-electron chi connectivity index (χ2n) is 4.74. The molecule has 0 aliphatic heterocycles. The maximum atomic E-state index is 6.21. The molecular formula is C16H13BrCl2N2. The molecule has 2 nitrogen and oxygen atoms in total. The first kappa shape index (κ1) is 14.8. The lowest BCUT2D eigenvalue weighted by molar-refractivity contribution is 0.757. The molecule has 0 fully saturated rings. The van der Waals surface area contributed by atoms with Crippen LogP contribution in [0.2, 0.25) is 10.0 Å². The molecule has 108 valence electrons. The summed E-state index contributed by atoms with van der Waals surface area (Å²) in [6.45, 7) is 1.65. The molecule has 0 atom stereocenters. The van der Waals surface area contributed by atoms with Gasteiger partial charge in [-0.1, -0.05) is 35.3 Å². The summed E-state index contributed by atoms with van der Waals surface area (Å²) in [4.78, 5) is 0. The largest absolute Gasteiger partial charge is 0.382 e. The molecule has 0 spiro atoms. The fraction of sp³-hybridized carbons (Fsp3) is 0.125. The van der Waals surface area contributed by atoms with E-state index >= 15 is 0 Å². The van der Waals surface area contributed by atoms with Crippen molar-refractivity contribution in [2.45, 2.75) is 6.54 Å². The van der Waals surface area contributed by atoms with Gasteiger partial charge in [-0.25, -0.2) is 0 Å². The molecule has 2 aromatic carbocycles. The highest BCUT2D eigenvalue weighted by atomic mass is 79.9. The average molecular weight is 384 g/mol. The lowest BCUT2D eigenvalue weighted by Crippen LogP contribution is -2.09. The van der Waals surface area contributed by atoms with Crippen molar-refractivity contribution >= 4 is 55.7 Å². The zero-order valence-electron chi connectivity index (χ0n) is 11.1. The molecule has 0 saturated carbocycles. The van der Waals surface area contributed by atoms with Crippen molar-refractivity contribution in [1.82, 2.24) is 4.57 Å². The van der Waals surface area contributed by atoms with Gasteiger partial charge in [0.1, 0.15) is 0 Å². The standard InChI is InChI=1S/C16H13BrCl2N2/c17-13-3-1-2-4-15(13)20-6-8-21-7-5-12-14(19)9-11(18)10-16(12)21/h1-5,7,9-10,20H,6,8H2. The summed E-state index contributed by atoms with van der Waals surface area (Å²) < 4.78 is 3.21. The highest BCUT2D eigenvalue weighted by Crippen LogP contribution is 2.28. The van der Waals surface area contributed by atoms with Crippen LogP contribution in [0.4, 0.5) is 5.69 Å². The predicted molar refractivity (Wildman–Crippen MR) is 94.6 cm³/mol. The molecule has 0 aliphatic rings. The van der Waals surface area contributed by atoms with E-state index in [2.05, 4.69) is 25.8 Å². The van der Waals surface area contributed by atoms with Crippen LogP contribution in [0.3, 0.4) is 0 Å². The minimum Gasteiger partial charge on any atom is -0.382 e. The van der Waals surface area contributed by atoms with Crippen LogP contribution in [-0.2, 0) is 6.54 Å². The zero-order valence-corrected chi connectivity index (χ0v) is 14.2. The van der Waals surface area contributed by atoms with E-state index in [0.717, 1.165) is 34.2 Å². The van der Waals surface area contributed by atoms with Crippen molar-refractivity contribution < 1.29 is 0 Å². The molecule has 5 heteroatoms. The third-order valence-corrected chi connectivity index (χ3v) is 4.57. The van der Waals surface area contributed by atoms with Gasteiger partial charge in [0.05, 0.1) is 10.5 Å². The normalized spacial score (nSPS) is 11.0. The summed E-state index contributed by atoms with van der Waals surface area (Å²) in [6.07, 6.45) is 2.04. The van der Waals surface area contributed by atoms with Gasteiger partial charge in [-0.2, -0.15) is 0 Å². The number of para-hydroxylation sites is 1. The van der Waals surface area contributed by atoms with Crippen LogP contribution in [0, 0.1) is 0 Å². The Morgan fingerprint density at radius 1 is 1.10 bits per heavy atom. The van der Waals surface area contributed by atoms with Gasteiger partial charge >= 0.3 is 0 Å². The molecule has 0 amide bonds. The number of nitrogens with zero attached hydrogens (tertiary/aromatic N) is 1. The number of rotatable bonds is 4. The summed E-state index contributed by atoms with van der Waals surface area (Å²) in [5.41, 5.74) is 2.14. The molecule has 3 aromatic rings. The molecular weight excluding hydrogens is 371 g/mol. The molecule has 0 unspecified atom stereocenters. The SMILES string of the molecule is Clc1cc(Cl)c2ccn(CCNc3ccccc3Br)c2c1. The van der Waals surface area contributed by atoms with Gasteiger partial charge in [-0.3, -0.25) is 0 Å². The number of halogens is 3. The van der Waals surface area contributed by atoms with Crippen molar-refractivity contribution in [2.75, 3.05) is 11.9 Å². The van der Waals surface area contributed by atoms with Gasteiger partial charge in [0.15, 0.2) is 0 Å². The summed E-state index contributed by atoms with van der Waals surface area (Å²) in [7, 11) is 0. The number of aromatic nitrogens is 1. The Hall–Kier alpha value is -1.16. The molecule has 0 saturated heterocycles. The fourth-order valence-electron chi connectivity index (χ4n) is 2.33. The van der Waals surface area contributed by atoms with E-state index in [-0.39, 0.29) is 0 Å². The van der Waals surface area contributed by atoms with Crippen molar-refractivity contribution in [3.63, 3.8) is 0 Å². The third-order valence-electron chi connectivity index (χ3n) is 3.35. The maximum Gasteiger partial charge on any atom is 0.0514 e. The predicted octanol–water partition coefficient (Wildman–Crippen LogP) is 5.82. The molecule has 1 aromatic heterocycles. The van der Waals surface area contributed by atoms with E-state index < -0.39 is 0 Å². The van der Waals surface area contributed by atoms with E-state index in [1.54, 1.807) is 6.07 Å². The lowest BCUT2D eigenvalue weighted by atomic mass is 10.2. The van der Waals surface area contributed by atoms with Crippen molar-refractivity contribution in [2.24, 2.45) is 0 Å². The topological polar surface area (TPSA) is 17.0 Å². The van der Waals surface area contributed by atoms with Crippen LogP contribution in [0.5, 0.6) is 0 Å². The highest BCUT2D eigenvalue weighted by Gasteiger charge is 2.06. The lowest BCUT2D eigenvalue weighted by Gasteiger charge is -2.10. The van der Waals surface area contributed by atoms with Crippen molar-refractivity contribution in [1.29, 1.82) is 0 Å². The second-order valence-corrected chi connectivity index (χ2v) is 6.43. The molecule has 0 bridgehead atoms. The quantitative estimate of drug-likeness (QED) is 0.600. The number of fused-ring (bicyclic) bond motifs is 1. The number of anilines is 1. The Balaban J connectivity index is 1.76. The highest BCUT2D eigenvalue weighted by molar-refractivity contribution is 9.10. The van der Waals surface area contributed by atoms with Crippen LogP contribution in [-0.4, -0.2) is 11.1 Å². The summed E-state index contributed by atoms with van der Waals surface area (Å²) in [5, 5.41) is 5.79. The maximum absolute atomic E-state index is 6.21. The molecule has 0 radical (unpaired) electrons. The Bertz CT molecular complexity index is 783. The summed E-state index contributed by atoms with van der Waals surface area (Å²) >= 11 is 15.8. The number of hydrogen-bond donors (Lipinski definition) is 1. The van der Waals surface area contributed by atoms with Gasteiger partial charge in [0.2, 0.25) is 0 Å². The minimum atomic E-state index is 0.659. The van der Waals surface area contributed by atoms with Crippen LogP contribution in [0.1, 0.15) is 0 Å². The zero-order chi connectivity index (χ0) is 14.8. The Labute approximate surface area is 141 Å². The average Bonchev–Trinajstić information content (AvgIpc) is 2.84. The molecule has 0 aliphatic carbocycles. The Morgan fingerprint density at radius 3 is 2.71 bits per heavy atom. The molecule has 1 N–H and O–H groups in total. The second kappa shape index (κ2) is 6.30. The van der Waals surface area contributed by atoms with Crippen LogP contribution in [0.15, 0.2) is 53.1 Å². The van der Waals surface area contributed by atoms with Crippen molar-refractivity contribution in [3.8, 4) is 0 Å². The molecule has 3 rings (SSSR count). The van der Waals surface area contributed by atoms with E-state index in [1.165, 1.54) is 0 Å². The smallest absolute Gasteiger partial charge is 0.0514 e. The minimum absolute atomic E-state index is 0.659. The van der Waals surface area contributed by atoms with E-state index in [0.29, 0.717) is 10.0 Å². The molecule has 21 heavy (non-hydrogen) atoms. The Kier molecular flexibility index (Phi) is 4.43. The fourth-order valence-corrected chi connectivity index (χ4v) is 3.30. The van der Waals surface area contributed by atoms with Crippen LogP contribution in [0.25, 0.3) is 10.9 Å². The van der Waals surface area contributed by atoms with E-state index in [4.69, 9.17) is 23.2 Å². The van der Waals surface area contributed by atoms with Crippen LogP contribution >= 0.6 is 39.1 Å². The third kappa shape index (κ3) is 3.20. The van der Waals surface area contributed by atoms with Gasteiger partial charge in [-0.15, -0.1) is 0 Å². The first-order chi connectivity index (χ1) is 10.1. The first-order valence-electron chi connectivity index (χ1n) is 6.57. The van der Waals surface area contributed by atoms with Gasteiger partial charge in [0.25, 0.3) is 0 Å². The molecule has 1 heterocycles. The first-order valence-corrected chi connectivity index (χ1v) is 8.12. The number of hydrogen-bond acceptors (Lipinski definition) is 1. The van der Waals surface area contributed by atoms with Gasteiger partial charge < -0.3 is 9.88 Å².